The third-order valence-electron chi connectivity index (χ3n) is 6.53. The van der Waals surface area contributed by atoms with Gasteiger partial charge in [-0.3, -0.25) is 9.59 Å². The minimum Gasteiger partial charge on any atom is -0.443 e. The molecule has 5 rings (SSSR count). The Balaban J connectivity index is 1.35. The van der Waals surface area contributed by atoms with Crippen LogP contribution >= 0.6 is 0 Å². The van der Waals surface area contributed by atoms with Crippen molar-refractivity contribution in [3.8, 4) is 11.8 Å². The van der Waals surface area contributed by atoms with Crippen LogP contribution in [0.4, 0.5) is 0 Å². The van der Waals surface area contributed by atoms with E-state index in [-0.39, 0.29) is 23.4 Å². The summed E-state index contributed by atoms with van der Waals surface area (Å²) in [7, 11) is 0. The average molecular weight is 442 g/mol. The molecule has 0 radical (unpaired) electrons. The SMILES string of the molecule is CC(C)(O)C#Cc1ccc(C(=O)N2CCCC(C(=O)c3ccc4c5c(cccc35)CC4)C2)o1. The van der Waals surface area contributed by atoms with Gasteiger partial charge >= 0.3 is 0 Å². The highest BCUT2D eigenvalue weighted by Crippen LogP contribution is 2.34. The molecule has 1 fully saturated rings. The largest absolute Gasteiger partial charge is 0.443 e. The molecule has 1 aliphatic heterocycles. The van der Waals surface area contributed by atoms with Crippen LogP contribution in [0.2, 0.25) is 0 Å². The summed E-state index contributed by atoms with van der Waals surface area (Å²) in [6.45, 7) is 4.15. The normalized spacial score (nSPS) is 17.7. The summed E-state index contributed by atoms with van der Waals surface area (Å²) >= 11 is 0. The van der Waals surface area contributed by atoms with Crippen molar-refractivity contribution in [1.82, 2.24) is 4.90 Å². The Morgan fingerprint density at radius 3 is 2.67 bits per heavy atom. The molecule has 1 saturated heterocycles. The van der Waals surface area contributed by atoms with Crippen LogP contribution in [0.3, 0.4) is 0 Å². The molecule has 1 aliphatic carbocycles. The van der Waals surface area contributed by atoms with Crippen molar-refractivity contribution in [1.29, 1.82) is 0 Å². The molecule has 33 heavy (non-hydrogen) atoms. The van der Waals surface area contributed by atoms with E-state index in [0.717, 1.165) is 36.6 Å². The number of rotatable bonds is 3. The predicted molar refractivity (Wildman–Crippen MR) is 126 cm³/mol. The molecule has 0 bridgehead atoms. The number of nitrogens with zero attached hydrogens (tertiary/aromatic N) is 1. The molecule has 168 valence electrons. The Bertz CT molecular complexity index is 1300. The maximum atomic E-state index is 13.5. The van der Waals surface area contributed by atoms with Crippen LogP contribution in [0.25, 0.3) is 10.8 Å². The van der Waals surface area contributed by atoms with Gasteiger partial charge in [0.1, 0.15) is 5.60 Å². The summed E-state index contributed by atoms with van der Waals surface area (Å²) in [5, 5.41) is 12.0. The van der Waals surface area contributed by atoms with Gasteiger partial charge in [-0.1, -0.05) is 36.3 Å². The fraction of sp³-hybridized carbons (Fsp3) is 0.357. The van der Waals surface area contributed by atoms with Crippen molar-refractivity contribution >= 4 is 22.5 Å². The van der Waals surface area contributed by atoms with Crippen LogP contribution in [0.15, 0.2) is 46.9 Å². The molecule has 3 aromatic rings. The van der Waals surface area contributed by atoms with E-state index in [0.29, 0.717) is 18.8 Å². The van der Waals surface area contributed by atoms with Crippen LogP contribution in [0.1, 0.15) is 64.5 Å². The fourth-order valence-electron chi connectivity index (χ4n) is 4.95. The predicted octanol–water partition coefficient (Wildman–Crippen LogP) is 4.39. The Morgan fingerprint density at radius 2 is 1.88 bits per heavy atom. The zero-order valence-electron chi connectivity index (χ0n) is 19.0. The number of aliphatic hydroxyl groups is 1. The number of furan rings is 1. The molecule has 1 aromatic heterocycles. The maximum absolute atomic E-state index is 13.5. The molecule has 2 heterocycles. The number of hydrogen-bond acceptors (Lipinski definition) is 4. The summed E-state index contributed by atoms with van der Waals surface area (Å²) in [5.41, 5.74) is 2.26. The highest BCUT2D eigenvalue weighted by atomic mass is 16.4. The zero-order valence-corrected chi connectivity index (χ0v) is 19.0. The van der Waals surface area contributed by atoms with E-state index >= 15 is 0 Å². The zero-order chi connectivity index (χ0) is 23.2. The Kier molecular flexibility index (Phi) is 5.34. The Labute approximate surface area is 193 Å². The average Bonchev–Trinajstić information content (AvgIpc) is 3.45. The van der Waals surface area contributed by atoms with Crippen molar-refractivity contribution in [3.05, 3.63) is 70.7 Å². The van der Waals surface area contributed by atoms with Crippen LogP contribution in [-0.4, -0.2) is 40.4 Å². The lowest BCUT2D eigenvalue weighted by Gasteiger charge is -2.31. The highest BCUT2D eigenvalue weighted by molar-refractivity contribution is 6.11. The first-order valence-electron chi connectivity index (χ1n) is 11.5. The summed E-state index contributed by atoms with van der Waals surface area (Å²) in [6, 6.07) is 13.5. The van der Waals surface area contributed by atoms with E-state index in [4.69, 9.17) is 4.42 Å². The van der Waals surface area contributed by atoms with Crippen molar-refractivity contribution in [3.63, 3.8) is 0 Å². The van der Waals surface area contributed by atoms with Gasteiger partial charge in [-0.05, 0) is 79.5 Å². The van der Waals surface area contributed by atoms with Crippen LogP contribution in [0, 0.1) is 17.8 Å². The fourth-order valence-corrected chi connectivity index (χ4v) is 4.95. The second kappa shape index (κ2) is 8.20. The first-order chi connectivity index (χ1) is 15.8. The van der Waals surface area contributed by atoms with Crippen molar-refractivity contribution < 1.29 is 19.1 Å². The molecule has 5 nitrogen and oxygen atoms in total. The summed E-state index contributed by atoms with van der Waals surface area (Å²) in [4.78, 5) is 28.3. The second-order valence-corrected chi connectivity index (χ2v) is 9.54. The van der Waals surface area contributed by atoms with E-state index < -0.39 is 5.60 Å². The van der Waals surface area contributed by atoms with E-state index in [9.17, 15) is 14.7 Å². The standard InChI is InChI=1S/C28H27NO4/c1-28(2,32)15-14-21-11-13-24(33-21)27(31)29-16-4-6-20(17-29)26(30)23-12-10-19-9-8-18-5-3-7-22(23)25(18)19/h3,5,7,10-13,20,32H,4,6,8-9,16-17H2,1-2H3. The first kappa shape index (κ1) is 21.5. The topological polar surface area (TPSA) is 70.8 Å². The molecule has 1 unspecified atom stereocenters. The lowest BCUT2D eigenvalue weighted by atomic mass is 9.87. The first-order valence-corrected chi connectivity index (χ1v) is 11.5. The number of likely N-dealkylation sites (tertiary alicyclic amines) is 1. The Morgan fingerprint density at radius 1 is 1.09 bits per heavy atom. The number of amides is 1. The van der Waals surface area contributed by atoms with Gasteiger partial charge in [0.15, 0.2) is 17.3 Å². The van der Waals surface area contributed by atoms with Crippen LogP contribution < -0.4 is 0 Å². The van der Waals surface area contributed by atoms with Gasteiger partial charge in [-0.2, -0.15) is 0 Å². The highest BCUT2D eigenvalue weighted by Gasteiger charge is 2.32. The lowest BCUT2D eigenvalue weighted by molar-refractivity contribution is 0.0610. The van der Waals surface area contributed by atoms with E-state index in [1.807, 2.05) is 18.2 Å². The molecule has 1 atom stereocenters. The number of aryl methyl sites for hydroxylation is 2. The third-order valence-corrected chi connectivity index (χ3v) is 6.53. The van der Waals surface area contributed by atoms with Gasteiger partial charge in [-0.15, -0.1) is 0 Å². The number of ketones is 1. The van der Waals surface area contributed by atoms with Crippen molar-refractivity contribution in [2.24, 2.45) is 5.92 Å². The minimum absolute atomic E-state index is 0.110. The monoisotopic (exact) mass is 441 g/mol. The smallest absolute Gasteiger partial charge is 0.289 e. The molecule has 0 saturated carbocycles. The number of hydrogen-bond donors (Lipinski definition) is 1. The number of benzene rings is 2. The lowest BCUT2D eigenvalue weighted by Crippen LogP contribution is -2.42. The minimum atomic E-state index is -1.14. The molecular formula is C28H27NO4. The summed E-state index contributed by atoms with van der Waals surface area (Å²) in [6.07, 6.45) is 3.60. The molecule has 5 heteroatoms. The van der Waals surface area contributed by atoms with Crippen LogP contribution in [-0.2, 0) is 12.8 Å². The second-order valence-electron chi connectivity index (χ2n) is 9.54. The molecule has 2 aromatic carbocycles. The van der Waals surface area contributed by atoms with Crippen LogP contribution in [0.5, 0.6) is 0 Å². The van der Waals surface area contributed by atoms with Gasteiger partial charge in [0.2, 0.25) is 0 Å². The van der Waals surface area contributed by atoms with Gasteiger partial charge in [0.05, 0.1) is 0 Å². The molecule has 0 spiro atoms. The molecule has 1 amide bonds. The van der Waals surface area contributed by atoms with E-state index in [1.165, 1.54) is 16.5 Å². The van der Waals surface area contributed by atoms with Gasteiger partial charge in [-0.25, -0.2) is 0 Å². The number of carbonyl (C=O) groups is 2. The van der Waals surface area contributed by atoms with Gasteiger partial charge in [0, 0.05) is 24.6 Å². The van der Waals surface area contributed by atoms with E-state index in [2.05, 4.69) is 24.0 Å². The van der Waals surface area contributed by atoms with Gasteiger partial charge in [0.25, 0.3) is 5.91 Å². The third kappa shape index (κ3) is 4.19. The molecular weight excluding hydrogens is 414 g/mol. The quantitative estimate of drug-likeness (QED) is 0.483. The molecule has 1 N–H and O–H groups in total. The number of carbonyl (C=O) groups excluding carboxylic acids is 2. The van der Waals surface area contributed by atoms with Crippen molar-refractivity contribution in [2.75, 3.05) is 13.1 Å². The molecule has 2 aliphatic rings. The number of piperidine rings is 1. The summed E-state index contributed by atoms with van der Waals surface area (Å²) < 4.78 is 5.60. The number of Topliss-reactive ketones (excluding diaryl/α,β-unsaturated/α-hetero) is 1. The van der Waals surface area contributed by atoms with Gasteiger partial charge < -0.3 is 14.4 Å². The Hall–Kier alpha value is -3.36. The van der Waals surface area contributed by atoms with Crippen molar-refractivity contribution in [2.45, 2.75) is 45.1 Å². The maximum Gasteiger partial charge on any atom is 0.289 e. The summed E-state index contributed by atoms with van der Waals surface area (Å²) in [5.74, 6) is 5.61. The van der Waals surface area contributed by atoms with E-state index in [1.54, 1.807) is 30.9 Å².